The molecule has 4 nitrogen and oxygen atoms in total. The van der Waals surface area contributed by atoms with Crippen molar-refractivity contribution in [3.8, 4) is 11.1 Å². The highest BCUT2D eigenvalue weighted by molar-refractivity contribution is 6.03. The Bertz CT molecular complexity index is 1420. The highest BCUT2D eigenvalue weighted by atomic mass is 19.3. The largest absolute Gasteiger partial charge is 0.338 e. The molecule has 0 radical (unpaired) electrons. The van der Waals surface area contributed by atoms with Crippen LogP contribution in [0.3, 0.4) is 0 Å². The Kier molecular flexibility index (Phi) is 4.77. The van der Waals surface area contributed by atoms with Crippen molar-refractivity contribution in [2.45, 2.75) is 18.8 Å². The Labute approximate surface area is 181 Å². The molecular formula is C25H19F3N2O2. The van der Waals surface area contributed by atoms with Gasteiger partial charge < -0.3 is 9.88 Å². The zero-order valence-corrected chi connectivity index (χ0v) is 17.0. The summed E-state index contributed by atoms with van der Waals surface area (Å²) in [6.07, 6.45) is 0.862. The number of benzene rings is 3. The molecule has 0 spiro atoms. The normalized spacial score (nSPS) is 15.9. The first kappa shape index (κ1) is 20.3. The quantitative estimate of drug-likeness (QED) is 0.460. The lowest BCUT2D eigenvalue weighted by atomic mass is 9.94. The molecule has 32 heavy (non-hydrogen) atoms. The van der Waals surface area contributed by atoms with Gasteiger partial charge in [-0.1, -0.05) is 18.2 Å². The van der Waals surface area contributed by atoms with E-state index in [9.17, 15) is 22.8 Å². The number of pyridine rings is 1. The number of amides is 1. The van der Waals surface area contributed by atoms with E-state index >= 15 is 0 Å². The van der Waals surface area contributed by atoms with Crippen LogP contribution in [-0.4, -0.2) is 34.8 Å². The molecule has 1 aromatic heterocycles. The summed E-state index contributed by atoms with van der Waals surface area (Å²) < 4.78 is 41.7. The van der Waals surface area contributed by atoms with E-state index in [1.807, 2.05) is 0 Å². The van der Waals surface area contributed by atoms with Gasteiger partial charge in [0.2, 0.25) is 0 Å². The Morgan fingerprint density at radius 3 is 2.41 bits per heavy atom. The van der Waals surface area contributed by atoms with E-state index in [0.717, 1.165) is 0 Å². The summed E-state index contributed by atoms with van der Waals surface area (Å²) >= 11 is 0. The van der Waals surface area contributed by atoms with Crippen molar-refractivity contribution in [3.05, 3.63) is 82.5 Å². The number of rotatable bonds is 2. The number of alkyl halides is 2. The molecule has 0 unspecified atom stereocenters. The average Bonchev–Trinajstić information content (AvgIpc) is 2.78. The van der Waals surface area contributed by atoms with Gasteiger partial charge in [-0.2, -0.15) is 0 Å². The van der Waals surface area contributed by atoms with Crippen LogP contribution in [0.15, 0.2) is 65.6 Å². The molecule has 1 fully saturated rings. The van der Waals surface area contributed by atoms with Gasteiger partial charge in [-0.15, -0.1) is 0 Å². The molecule has 1 aliphatic rings. The lowest BCUT2D eigenvalue weighted by molar-refractivity contribution is -0.0494. The van der Waals surface area contributed by atoms with E-state index in [0.29, 0.717) is 38.2 Å². The fourth-order valence-electron chi connectivity index (χ4n) is 4.30. The van der Waals surface area contributed by atoms with Crippen molar-refractivity contribution in [1.82, 2.24) is 9.88 Å². The average molecular weight is 436 g/mol. The molecule has 2 heterocycles. The minimum absolute atomic E-state index is 0.00869. The smallest absolute Gasteiger partial charge is 0.255 e. The van der Waals surface area contributed by atoms with Crippen molar-refractivity contribution in [3.63, 3.8) is 0 Å². The molecule has 4 aromatic rings. The number of halogens is 3. The van der Waals surface area contributed by atoms with Gasteiger partial charge in [0.1, 0.15) is 5.82 Å². The first-order valence-corrected chi connectivity index (χ1v) is 10.3. The van der Waals surface area contributed by atoms with Gasteiger partial charge in [0, 0.05) is 48.6 Å². The van der Waals surface area contributed by atoms with Gasteiger partial charge in [-0.3, -0.25) is 9.59 Å². The predicted molar refractivity (Wildman–Crippen MR) is 118 cm³/mol. The van der Waals surface area contributed by atoms with Crippen LogP contribution in [0.4, 0.5) is 13.2 Å². The van der Waals surface area contributed by atoms with Crippen LogP contribution in [0, 0.1) is 5.82 Å². The number of aromatic amines is 1. The number of piperidine rings is 1. The summed E-state index contributed by atoms with van der Waals surface area (Å²) in [5.41, 5.74) is 1.15. The summed E-state index contributed by atoms with van der Waals surface area (Å²) in [4.78, 5) is 28.8. The Morgan fingerprint density at radius 2 is 1.62 bits per heavy atom. The number of likely N-dealkylation sites (tertiary alicyclic amines) is 1. The highest BCUT2D eigenvalue weighted by Crippen LogP contribution is 2.34. The first-order valence-electron chi connectivity index (χ1n) is 10.3. The van der Waals surface area contributed by atoms with Crippen LogP contribution in [0.2, 0.25) is 0 Å². The van der Waals surface area contributed by atoms with Gasteiger partial charge in [0.25, 0.3) is 17.4 Å². The second-order valence-electron chi connectivity index (χ2n) is 8.12. The SMILES string of the molecule is O=C(c1ccc2c(-c3ccc4c(=O)[nH]ccc4c3)c(F)ccc2c1)N1CCC(F)(F)CC1. The van der Waals surface area contributed by atoms with Crippen molar-refractivity contribution in [1.29, 1.82) is 0 Å². The van der Waals surface area contributed by atoms with Gasteiger partial charge in [0.05, 0.1) is 0 Å². The van der Waals surface area contributed by atoms with Crippen LogP contribution in [0.25, 0.3) is 32.7 Å². The number of nitrogens with one attached hydrogen (secondary N) is 1. The predicted octanol–water partition coefficient (Wildman–Crippen LogP) is 5.36. The molecular weight excluding hydrogens is 417 g/mol. The fraction of sp³-hybridized carbons (Fsp3) is 0.200. The molecule has 1 amide bonds. The highest BCUT2D eigenvalue weighted by Gasteiger charge is 2.35. The monoisotopic (exact) mass is 436 g/mol. The van der Waals surface area contributed by atoms with Crippen molar-refractivity contribution in [2.75, 3.05) is 13.1 Å². The first-order chi connectivity index (χ1) is 15.3. The molecule has 1 aliphatic heterocycles. The molecule has 5 rings (SSSR count). The van der Waals surface area contributed by atoms with E-state index in [1.54, 1.807) is 54.7 Å². The Balaban J connectivity index is 1.55. The van der Waals surface area contributed by atoms with E-state index in [-0.39, 0.29) is 37.4 Å². The molecule has 0 atom stereocenters. The Morgan fingerprint density at radius 1 is 0.906 bits per heavy atom. The van der Waals surface area contributed by atoms with Gasteiger partial charge >= 0.3 is 0 Å². The standard InChI is InChI=1S/C25H19F3N2O2/c26-21-6-3-15-14-18(24(32)30-11-8-25(27,28)9-12-30)2-4-19(15)22(21)17-1-5-20-16(13-17)7-10-29-23(20)31/h1-7,10,13-14H,8-9,11-12H2,(H,29,31). The Hall–Kier alpha value is -3.61. The molecule has 0 aliphatic carbocycles. The minimum Gasteiger partial charge on any atom is -0.338 e. The van der Waals surface area contributed by atoms with Crippen molar-refractivity contribution in [2.24, 2.45) is 0 Å². The van der Waals surface area contributed by atoms with E-state index in [4.69, 9.17) is 0 Å². The summed E-state index contributed by atoms with van der Waals surface area (Å²) in [5.74, 6) is -3.45. The maximum absolute atomic E-state index is 14.9. The molecule has 0 bridgehead atoms. The maximum atomic E-state index is 14.9. The number of aromatic nitrogens is 1. The molecule has 0 saturated carbocycles. The van der Waals surface area contributed by atoms with Crippen LogP contribution in [0.1, 0.15) is 23.2 Å². The lowest BCUT2D eigenvalue weighted by Crippen LogP contribution is -2.42. The molecule has 3 aromatic carbocycles. The molecule has 1 N–H and O–H groups in total. The second-order valence-corrected chi connectivity index (χ2v) is 8.12. The number of H-pyrrole nitrogens is 1. The van der Waals surface area contributed by atoms with E-state index in [1.165, 1.54) is 11.0 Å². The van der Waals surface area contributed by atoms with Crippen molar-refractivity contribution < 1.29 is 18.0 Å². The van der Waals surface area contributed by atoms with Crippen LogP contribution in [0.5, 0.6) is 0 Å². The number of fused-ring (bicyclic) bond motifs is 2. The third-order valence-electron chi connectivity index (χ3n) is 6.06. The molecule has 162 valence electrons. The number of carbonyl (C=O) groups excluding carboxylic acids is 1. The van der Waals surface area contributed by atoms with Gasteiger partial charge in [-0.05, 0) is 58.1 Å². The summed E-state index contributed by atoms with van der Waals surface area (Å²) in [6, 6.07) is 14.8. The maximum Gasteiger partial charge on any atom is 0.255 e. The summed E-state index contributed by atoms with van der Waals surface area (Å²) in [7, 11) is 0. The third-order valence-corrected chi connectivity index (χ3v) is 6.06. The second kappa shape index (κ2) is 7.51. The number of nitrogens with zero attached hydrogens (tertiary/aromatic N) is 1. The van der Waals surface area contributed by atoms with Gasteiger partial charge in [0.15, 0.2) is 0 Å². The number of carbonyl (C=O) groups is 1. The van der Waals surface area contributed by atoms with Crippen LogP contribution < -0.4 is 5.56 Å². The minimum atomic E-state index is -2.72. The third kappa shape index (κ3) is 3.53. The fourth-order valence-corrected chi connectivity index (χ4v) is 4.30. The molecule has 7 heteroatoms. The molecule has 1 saturated heterocycles. The van der Waals surface area contributed by atoms with Crippen LogP contribution in [-0.2, 0) is 0 Å². The van der Waals surface area contributed by atoms with E-state index in [2.05, 4.69) is 4.98 Å². The van der Waals surface area contributed by atoms with Crippen molar-refractivity contribution >= 4 is 27.5 Å². The van der Waals surface area contributed by atoms with Crippen LogP contribution >= 0.6 is 0 Å². The van der Waals surface area contributed by atoms with E-state index < -0.39 is 11.7 Å². The lowest BCUT2D eigenvalue weighted by Gasteiger charge is -2.31. The topological polar surface area (TPSA) is 53.2 Å². The summed E-state index contributed by atoms with van der Waals surface area (Å²) in [5, 5.41) is 2.49. The number of hydrogen-bond acceptors (Lipinski definition) is 2. The zero-order valence-electron chi connectivity index (χ0n) is 17.0. The number of hydrogen-bond donors (Lipinski definition) is 1. The van der Waals surface area contributed by atoms with Gasteiger partial charge in [-0.25, -0.2) is 13.2 Å². The zero-order chi connectivity index (χ0) is 22.5. The summed E-state index contributed by atoms with van der Waals surface area (Å²) in [6.45, 7) is 0.0174.